The monoisotopic (exact) mass is 422 g/mol. The molecule has 4 rings (SSSR count). The van der Waals surface area contributed by atoms with Crippen molar-refractivity contribution in [2.75, 3.05) is 13.1 Å². The van der Waals surface area contributed by atoms with Gasteiger partial charge < -0.3 is 4.90 Å². The molecule has 0 atom stereocenters. The minimum atomic E-state index is -0.187. The van der Waals surface area contributed by atoms with E-state index in [0.29, 0.717) is 29.4 Å². The van der Waals surface area contributed by atoms with Crippen molar-refractivity contribution < 1.29 is 9.59 Å². The van der Waals surface area contributed by atoms with Crippen molar-refractivity contribution in [1.82, 2.24) is 9.80 Å². The van der Waals surface area contributed by atoms with Crippen molar-refractivity contribution in [1.29, 1.82) is 0 Å². The molecule has 2 aromatic carbocycles. The minimum absolute atomic E-state index is 0.166. The van der Waals surface area contributed by atoms with Crippen LogP contribution in [-0.4, -0.2) is 34.7 Å². The second kappa shape index (κ2) is 9.05. The number of hydrogen-bond acceptors (Lipinski definition) is 3. The fourth-order valence-electron chi connectivity index (χ4n) is 4.32. The number of imide groups is 1. The van der Waals surface area contributed by atoms with Gasteiger partial charge in [0.1, 0.15) is 5.70 Å². The van der Waals surface area contributed by atoms with E-state index in [1.54, 1.807) is 12.1 Å². The average Bonchev–Trinajstić information content (AvgIpc) is 3.01. The summed E-state index contributed by atoms with van der Waals surface area (Å²) in [5, 5.41) is 0.612. The van der Waals surface area contributed by atoms with E-state index < -0.39 is 0 Å². The summed E-state index contributed by atoms with van der Waals surface area (Å²) in [4.78, 5) is 30.3. The standard InChI is InChI=1S/C25H27ClN2O2/c1-2-3-4-7-15-28-24(29)22(19-10-12-21(26)13-11-19)23(25(28)30)27-16-14-18-8-5-6-9-20(18)17-27/h5-6,8-13H,2-4,7,14-17H2,1H3. The number of halogens is 1. The maximum atomic E-state index is 13.4. The summed E-state index contributed by atoms with van der Waals surface area (Å²) in [6, 6.07) is 15.5. The molecule has 0 saturated heterocycles. The van der Waals surface area contributed by atoms with E-state index in [2.05, 4.69) is 30.0 Å². The van der Waals surface area contributed by atoms with Gasteiger partial charge in [-0.2, -0.15) is 0 Å². The lowest BCUT2D eigenvalue weighted by Gasteiger charge is -2.31. The first-order valence-electron chi connectivity index (χ1n) is 10.8. The van der Waals surface area contributed by atoms with E-state index in [4.69, 9.17) is 11.6 Å². The molecule has 4 nitrogen and oxygen atoms in total. The summed E-state index contributed by atoms with van der Waals surface area (Å²) in [6.07, 6.45) is 4.97. The number of unbranched alkanes of at least 4 members (excludes halogenated alkanes) is 3. The molecule has 2 heterocycles. The van der Waals surface area contributed by atoms with Crippen LogP contribution in [-0.2, 0) is 22.6 Å². The van der Waals surface area contributed by atoms with Crippen molar-refractivity contribution in [3.05, 3.63) is 75.9 Å². The first-order valence-corrected chi connectivity index (χ1v) is 11.2. The Morgan fingerprint density at radius 1 is 0.900 bits per heavy atom. The largest absolute Gasteiger partial charge is 0.362 e. The first kappa shape index (κ1) is 20.7. The van der Waals surface area contributed by atoms with Crippen LogP contribution < -0.4 is 0 Å². The van der Waals surface area contributed by atoms with Gasteiger partial charge >= 0.3 is 0 Å². The van der Waals surface area contributed by atoms with Gasteiger partial charge in [0.15, 0.2) is 0 Å². The Morgan fingerprint density at radius 2 is 1.63 bits per heavy atom. The lowest BCUT2D eigenvalue weighted by molar-refractivity contribution is -0.137. The van der Waals surface area contributed by atoms with Crippen LogP contribution in [0.4, 0.5) is 0 Å². The van der Waals surface area contributed by atoms with E-state index in [0.717, 1.165) is 44.2 Å². The number of amides is 2. The third-order valence-electron chi connectivity index (χ3n) is 5.96. The molecular weight excluding hydrogens is 396 g/mol. The van der Waals surface area contributed by atoms with Crippen LogP contribution in [0, 0.1) is 0 Å². The molecule has 0 aliphatic carbocycles. The molecule has 0 N–H and O–H groups in total. The number of hydrogen-bond donors (Lipinski definition) is 0. The highest BCUT2D eigenvalue weighted by Crippen LogP contribution is 2.35. The molecule has 0 aromatic heterocycles. The smallest absolute Gasteiger partial charge is 0.277 e. The highest BCUT2D eigenvalue weighted by Gasteiger charge is 2.41. The van der Waals surface area contributed by atoms with Gasteiger partial charge in [0.05, 0.1) is 5.57 Å². The molecule has 0 bridgehead atoms. The minimum Gasteiger partial charge on any atom is -0.362 e. The SMILES string of the molecule is CCCCCCN1C(=O)C(c2ccc(Cl)cc2)=C(N2CCc3ccccc3C2)C1=O. The van der Waals surface area contributed by atoms with Crippen LogP contribution >= 0.6 is 11.6 Å². The molecule has 0 saturated carbocycles. The average molecular weight is 423 g/mol. The maximum absolute atomic E-state index is 13.4. The summed E-state index contributed by atoms with van der Waals surface area (Å²) >= 11 is 6.06. The van der Waals surface area contributed by atoms with E-state index >= 15 is 0 Å². The Morgan fingerprint density at radius 3 is 2.37 bits per heavy atom. The zero-order valence-electron chi connectivity index (χ0n) is 17.4. The van der Waals surface area contributed by atoms with Crippen LogP contribution in [0.15, 0.2) is 54.2 Å². The molecule has 0 unspecified atom stereocenters. The summed E-state index contributed by atoms with van der Waals surface area (Å²) in [6.45, 7) is 4.00. The Labute approximate surface area is 183 Å². The number of rotatable bonds is 7. The number of carbonyl (C=O) groups excluding carboxylic acids is 2. The predicted octanol–water partition coefficient (Wildman–Crippen LogP) is 5.06. The molecule has 0 fully saturated rings. The predicted molar refractivity (Wildman–Crippen MR) is 120 cm³/mol. The highest BCUT2D eigenvalue weighted by molar-refractivity contribution is 6.36. The number of nitrogens with zero attached hydrogens (tertiary/aromatic N) is 2. The van der Waals surface area contributed by atoms with Gasteiger partial charge in [0, 0.05) is 24.7 Å². The van der Waals surface area contributed by atoms with Crippen LogP contribution in [0.3, 0.4) is 0 Å². The Hall–Kier alpha value is -2.59. The fraction of sp³-hybridized carbons (Fsp3) is 0.360. The molecule has 2 aromatic rings. The van der Waals surface area contributed by atoms with Gasteiger partial charge in [0.2, 0.25) is 0 Å². The summed E-state index contributed by atoms with van der Waals surface area (Å²) in [7, 11) is 0. The summed E-state index contributed by atoms with van der Waals surface area (Å²) < 4.78 is 0. The van der Waals surface area contributed by atoms with Crippen molar-refractivity contribution in [2.45, 2.75) is 45.6 Å². The quantitative estimate of drug-likeness (QED) is 0.462. The molecule has 2 amide bonds. The molecule has 156 valence electrons. The molecule has 0 spiro atoms. The lowest BCUT2D eigenvalue weighted by atomic mass is 9.98. The fourth-order valence-corrected chi connectivity index (χ4v) is 4.45. The number of fused-ring (bicyclic) bond motifs is 1. The van der Waals surface area contributed by atoms with Crippen LogP contribution in [0.25, 0.3) is 5.57 Å². The van der Waals surface area contributed by atoms with Crippen molar-refractivity contribution in [2.24, 2.45) is 0 Å². The molecule has 2 aliphatic heterocycles. The van der Waals surface area contributed by atoms with Crippen LogP contribution in [0.1, 0.15) is 49.3 Å². The number of carbonyl (C=O) groups is 2. The van der Waals surface area contributed by atoms with Gasteiger partial charge in [-0.1, -0.05) is 74.2 Å². The topological polar surface area (TPSA) is 40.6 Å². The highest BCUT2D eigenvalue weighted by atomic mass is 35.5. The van der Waals surface area contributed by atoms with Gasteiger partial charge in [-0.25, -0.2) is 0 Å². The van der Waals surface area contributed by atoms with E-state index in [1.165, 1.54) is 16.0 Å². The third kappa shape index (κ3) is 4.01. The second-order valence-corrected chi connectivity index (χ2v) is 8.43. The van der Waals surface area contributed by atoms with Crippen LogP contribution in [0.2, 0.25) is 5.02 Å². The van der Waals surface area contributed by atoms with E-state index in [1.807, 2.05) is 18.2 Å². The van der Waals surface area contributed by atoms with E-state index in [-0.39, 0.29) is 11.8 Å². The summed E-state index contributed by atoms with van der Waals surface area (Å²) in [5.41, 5.74) is 4.32. The zero-order chi connectivity index (χ0) is 21.1. The molecule has 5 heteroatoms. The van der Waals surface area contributed by atoms with Gasteiger partial charge in [-0.05, 0) is 41.7 Å². The summed E-state index contributed by atoms with van der Waals surface area (Å²) in [5.74, 6) is -0.353. The maximum Gasteiger partial charge on any atom is 0.277 e. The van der Waals surface area contributed by atoms with E-state index in [9.17, 15) is 9.59 Å². The zero-order valence-corrected chi connectivity index (χ0v) is 18.1. The first-order chi connectivity index (χ1) is 14.6. The van der Waals surface area contributed by atoms with Crippen molar-refractivity contribution in [3.63, 3.8) is 0 Å². The Kier molecular flexibility index (Phi) is 6.24. The van der Waals surface area contributed by atoms with Crippen LogP contribution in [0.5, 0.6) is 0 Å². The lowest BCUT2D eigenvalue weighted by Crippen LogP contribution is -2.37. The van der Waals surface area contributed by atoms with Crippen molar-refractivity contribution in [3.8, 4) is 0 Å². The third-order valence-corrected chi connectivity index (χ3v) is 6.21. The second-order valence-electron chi connectivity index (χ2n) is 7.99. The Balaban J connectivity index is 1.68. The van der Waals surface area contributed by atoms with Gasteiger partial charge in [-0.3, -0.25) is 14.5 Å². The van der Waals surface area contributed by atoms with Gasteiger partial charge in [0.25, 0.3) is 11.8 Å². The number of benzene rings is 2. The normalized spacial score (nSPS) is 16.5. The molecule has 30 heavy (non-hydrogen) atoms. The molecular formula is C25H27ClN2O2. The molecule has 0 radical (unpaired) electrons. The Bertz CT molecular complexity index is 981. The van der Waals surface area contributed by atoms with Gasteiger partial charge in [-0.15, -0.1) is 0 Å². The van der Waals surface area contributed by atoms with Crippen molar-refractivity contribution >= 4 is 29.0 Å². The molecule has 2 aliphatic rings.